The Kier molecular flexibility index (Phi) is 3.90. The summed E-state index contributed by atoms with van der Waals surface area (Å²) in [6.45, 7) is 4.24. The molecule has 2 heterocycles. The van der Waals surface area contributed by atoms with Crippen LogP contribution in [0, 0.1) is 0 Å². The predicted molar refractivity (Wildman–Crippen MR) is 67.0 cm³/mol. The molecule has 0 spiro atoms. The summed E-state index contributed by atoms with van der Waals surface area (Å²) in [5, 5.41) is 11.2. The van der Waals surface area contributed by atoms with Gasteiger partial charge in [0.05, 0.1) is 0 Å². The molecule has 1 atom stereocenters. The Hall–Kier alpha value is -1.21. The van der Waals surface area contributed by atoms with Crippen LogP contribution in [-0.4, -0.2) is 46.6 Å². The van der Waals surface area contributed by atoms with Gasteiger partial charge < -0.3 is 10.6 Å². The van der Waals surface area contributed by atoms with E-state index >= 15 is 0 Å². The van der Waals surface area contributed by atoms with Crippen molar-refractivity contribution in [2.45, 2.75) is 25.9 Å². The van der Waals surface area contributed by atoms with Crippen LogP contribution < -0.4 is 10.6 Å². The van der Waals surface area contributed by atoms with Crippen molar-refractivity contribution < 1.29 is 4.79 Å². The Morgan fingerprint density at radius 3 is 3.18 bits per heavy atom. The van der Waals surface area contributed by atoms with E-state index in [1.165, 1.54) is 11.5 Å². The van der Waals surface area contributed by atoms with Crippen LogP contribution in [0.2, 0.25) is 0 Å². The maximum atomic E-state index is 11.0. The number of hydrogen-bond donors (Lipinski definition) is 2. The lowest BCUT2D eigenvalue weighted by molar-refractivity contribution is -0.119. The van der Waals surface area contributed by atoms with Crippen molar-refractivity contribution in [2.24, 2.45) is 0 Å². The highest BCUT2D eigenvalue weighted by molar-refractivity contribution is 7.10. The molecule has 2 N–H and O–H groups in total. The molecule has 1 amide bonds. The highest BCUT2D eigenvalue weighted by atomic mass is 32.1. The molecule has 0 bridgehead atoms. The maximum absolute atomic E-state index is 11.0. The highest BCUT2D eigenvalue weighted by Crippen LogP contribution is 2.20. The number of nitrogens with one attached hydrogen (secondary N) is 2. The topological polar surface area (TPSA) is 70.2 Å². The molecule has 94 valence electrons. The smallest absolute Gasteiger partial charge is 0.217 e. The van der Waals surface area contributed by atoms with Crippen LogP contribution in [0.25, 0.3) is 0 Å². The van der Waals surface area contributed by atoms with Crippen molar-refractivity contribution in [2.75, 3.05) is 25.5 Å². The SMILES string of the molecule is CNc1snnc1CN1CCC(NC(C)=O)C1. The number of amides is 1. The summed E-state index contributed by atoms with van der Waals surface area (Å²) in [5.41, 5.74) is 0.987. The van der Waals surface area contributed by atoms with E-state index < -0.39 is 0 Å². The molecule has 2 rings (SSSR count). The number of nitrogens with zero attached hydrogens (tertiary/aromatic N) is 3. The van der Waals surface area contributed by atoms with Crippen LogP contribution in [0.3, 0.4) is 0 Å². The summed E-state index contributed by atoms with van der Waals surface area (Å²) >= 11 is 1.38. The van der Waals surface area contributed by atoms with E-state index in [4.69, 9.17) is 0 Å². The number of carbonyl (C=O) groups is 1. The van der Waals surface area contributed by atoms with E-state index in [9.17, 15) is 4.79 Å². The highest BCUT2D eigenvalue weighted by Gasteiger charge is 2.24. The largest absolute Gasteiger partial charge is 0.377 e. The molecule has 0 saturated carbocycles. The van der Waals surface area contributed by atoms with E-state index in [1.807, 2.05) is 7.05 Å². The molecule has 1 fully saturated rings. The molecule has 1 saturated heterocycles. The Morgan fingerprint density at radius 1 is 1.65 bits per heavy atom. The zero-order valence-corrected chi connectivity index (χ0v) is 10.9. The van der Waals surface area contributed by atoms with Gasteiger partial charge in [-0.25, -0.2) is 0 Å². The second-order valence-electron chi connectivity index (χ2n) is 4.22. The van der Waals surface area contributed by atoms with Crippen molar-refractivity contribution in [3.63, 3.8) is 0 Å². The summed E-state index contributed by atoms with van der Waals surface area (Å²) in [4.78, 5) is 13.3. The molecule has 7 heteroatoms. The van der Waals surface area contributed by atoms with Crippen molar-refractivity contribution in [1.29, 1.82) is 0 Å². The fourth-order valence-electron chi connectivity index (χ4n) is 2.10. The Balaban J connectivity index is 1.87. The van der Waals surface area contributed by atoms with E-state index in [1.54, 1.807) is 6.92 Å². The van der Waals surface area contributed by atoms with E-state index in [2.05, 4.69) is 25.1 Å². The second kappa shape index (κ2) is 5.42. The first-order valence-corrected chi connectivity index (χ1v) is 6.45. The minimum Gasteiger partial charge on any atom is -0.377 e. The number of rotatable bonds is 4. The molecule has 1 aromatic rings. The van der Waals surface area contributed by atoms with Crippen LogP contribution in [0.5, 0.6) is 0 Å². The van der Waals surface area contributed by atoms with Gasteiger partial charge in [-0.2, -0.15) is 0 Å². The minimum atomic E-state index is 0.0445. The van der Waals surface area contributed by atoms with Crippen molar-refractivity contribution >= 4 is 22.4 Å². The molecule has 17 heavy (non-hydrogen) atoms. The van der Waals surface area contributed by atoms with Gasteiger partial charge in [-0.1, -0.05) is 4.49 Å². The minimum absolute atomic E-state index is 0.0445. The van der Waals surface area contributed by atoms with E-state index in [0.717, 1.165) is 36.8 Å². The van der Waals surface area contributed by atoms with Crippen LogP contribution in [0.4, 0.5) is 5.00 Å². The number of likely N-dealkylation sites (tertiary alicyclic amines) is 1. The number of carbonyl (C=O) groups excluding carboxylic acids is 1. The summed E-state index contributed by atoms with van der Waals surface area (Å²) in [7, 11) is 1.88. The van der Waals surface area contributed by atoms with Crippen LogP contribution >= 0.6 is 11.5 Å². The summed E-state index contributed by atoms with van der Waals surface area (Å²) in [6, 6.07) is 0.275. The zero-order chi connectivity index (χ0) is 12.3. The molecule has 1 aromatic heterocycles. The number of aromatic nitrogens is 2. The maximum Gasteiger partial charge on any atom is 0.217 e. The molecule has 0 aliphatic carbocycles. The second-order valence-corrected chi connectivity index (χ2v) is 4.97. The van der Waals surface area contributed by atoms with Gasteiger partial charge >= 0.3 is 0 Å². The third kappa shape index (κ3) is 3.13. The Bertz CT molecular complexity index is 394. The number of anilines is 1. The van der Waals surface area contributed by atoms with Gasteiger partial charge in [0.25, 0.3) is 0 Å². The van der Waals surface area contributed by atoms with Crippen molar-refractivity contribution in [3.05, 3.63) is 5.69 Å². The third-order valence-corrected chi connectivity index (χ3v) is 3.62. The van der Waals surface area contributed by atoms with Crippen LogP contribution in [0.1, 0.15) is 19.0 Å². The van der Waals surface area contributed by atoms with Crippen molar-refractivity contribution in [1.82, 2.24) is 19.8 Å². The Morgan fingerprint density at radius 2 is 2.47 bits per heavy atom. The molecule has 0 radical (unpaired) electrons. The monoisotopic (exact) mass is 255 g/mol. The standard InChI is InChI=1S/C10H17N5OS/c1-7(16)12-8-3-4-15(5-8)6-9-10(11-2)17-14-13-9/h8,11H,3-6H2,1-2H3,(H,12,16). The lowest BCUT2D eigenvalue weighted by Crippen LogP contribution is -2.35. The third-order valence-electron chi connectivity index (χ3n) is 2.84. The fraction of sp³-hybridized carbons (Fsp3) is 0.700. The van der Waals surface area contributed by atoms with Gasteiger partial charge in [-0.3, -0.25) is 9.69 Å². The van der Waals surface area contributed by atoms with Gasteiger partial charge in [0.15, 0.2) is 0 Å². The van der Waals surface area contributed by atoms with E-state index in [-0.39, 0.29) is 11.9 Å². The molecule has 0 aromatic carbocycles. The fourth-order valence-corrected chi connectivity index (χ4v) is 2.62. The normalized spacial score (nSPS) is 20.5. The predicted octanol–water partition coefficient (Wildman–Crippen LogP) is 0.290. The van der Waals surface area contributed by atoms with Crippen LogP contribution in [-0.2, 0) is 11.3 Å². The Labute approximate surface area is 105 Å². The van der Waals surface area contributed by atoms with Gasteiger partial charge in [-0.15, -0.1) is 5.10 Å². The molecule has 1 aliphatic rings. The summed E-state index contributed by atoms with van der Waals surface area (Å²) < 4.78 is 3.94. The first kappa shape index (κ1) is 12.3. The molecular formula is C10H17N5OS. The molecule has 1 aliphatic heterocycles. The average molecular weight is 255 g/mol. The van der Waals surface area contributed by atoms with Crippen LogP contribution in [0.15, 0.2) is 0 Å². The van der Waals surface area contributed by atoms with Gasteiger partial charge in [0.1, 0.15) is 10.7 Å². The molecule has 6 nitrogen and oxygen atoms in total. The summed E-state index contributed by atoms with van der Waals surface area (Å²) in [5.74, 6) is 0.0445. The quantitative estimate of drug-likeness (QED) is 0.809. The molecule has 1 unspecified atom stereocenters. The van der Waals surface area contributed by atoms with Gasteiger partial charge in [0.2, 0.25) is 5.91 Å². The first-order valence-electron chi connectivity index (χ1n) is 5.67. The van der Waals surface area contributed by atoms with Gasteiger partial charge in [-0.05, 0) is 6.42 Å². The lowest BCUT2D eigenvalue weighted by Gasteiger charge is -2.15. The van der Waals surface area contributed by atoms with E-state index in [0.29, 0.717) is 0 Å². The number of hydrogen-bond acceptors (Lipinski definition) is 6. The summed E-state index contributed by atoms with van der Waals surface area (Å²) in [6.07, 6.45) is 1.01. The average Bonchev–Trinajstić information content (AvgIpc) is 2.87. The lowest BCUT2D eigenvalue weighted by atomic mass is 10.2. The van der Waals surface area contributed by atoms with Gasteiger partial charge in [0, 0.05) is 51.2 Å². The zero-order valence-electron chi connectivity index (χ0n) is 10.1. The molecular weight excluding hydrogens is 238 g/mol. The first-order chi connectivity index (χ1) is 8.19. The van der Waals surface area contributed by atoms with Crippen molar-refractivity contribution in [3.8, 4) is 0 Å².